The molecular formula is C21H22N2O3. The third kappa shape index (κ3) is 3.18. The summed E-state index contributed by atoms with van der Waals surface area (Å²) in [4.78, 5) is 15.0. The molecule has 0 unspecified atom stereocenters. The second-order valence-corrected chi connectivity index (χ2v) is 6.69. The third-order valence-electron chi connectivity index (χ3n) is 4.82. The number of rotatable bonds is 3. The minimum absolute atomic E-state index is 0.0258. The molecule has 0 bridgehead atoms. The van der Waals surface area contributed by atoms with E-state index in [0.717, 1.165) is 36.6 Å². The predicted molar refractivity (Wildman–Crippen MR) is 104 cm³/mol. The number of nitrogens with zero attached hydrogens (tertiary/aromatic N) is 1. The molecule has 5 heteroatoms. The summed E-state index contributed by atoms with van der Waals surface area (Å²) in [5.41, 5.74) is 2.50. The summed E-state index contributed by atoms with van der Waals surface area (Å²) in [6.07, 6.45) is 0. The largest absolute Gasteiger partial charge is 0.497 e. The fourth-order valence-corrected chi connectivity index (χ4v) is 3.41. The van der Waals surface area contributed by atoms with Gasteiger partial charge in [0.25, 0.3) is 0 Å². The average Bonchev–Trinajstić information content (AvgIpc) is 2.68. The van der Waals surface area contributed by atoms with Crippen LogP contribution in [0.15, 0.2) is 57.7 Å². The Morgan fingerprint density at radius 1 is 1.15 bits per heavy atom. The van der Waals surface area contributed by atoms with Crippen molar-refractivity contribution in [3.05, 3.63) is 58.8 Å². The van der Waals surface area contributed by atoms with Gasteiger partial charge in [0.15, 0.2) is 5.43 Å². The molecule has 2 heterocycles. The van der Waals surface area contributed by atoms with E-state index in [2.05, 4.69) is 17.1 Å². The Bertz CT molecular complexity index is 979. The quantitative estimate of drug-likeness (QED) is 0.786. The highest BCUT2D eigenvalue weighted by Crippen LogP contribution is 2.27. The SMILES string of the molecule is COc1ccc(-c2cc(=O)c3cc(N4CCN[C@@H](C)C4)ccc3o2)cc1. The minimum atomic E-state index is -0.0258. The lowest BCUT2D eigenvalue weighted by Crippen LogP contribution is -2.49. The van der Waals surface area contributed by atoms with Crippen LogP contribution in [-0.2, 0) is 0 Å². The number of methoxy groups -OCH3 is 1. The summed E-state index contributed by atoms with van der Waals surface area (Å²) in [5, 5.41) is 4.05. The van der Waals surface area contributed by atoms with Gasteiger partial charge in [-0.05, 0) is 49.4 Å². The molecule has 0 spiro atoms. The van der Waals surface area contributed by atoms with Crippen molar-refractivity contribution >= 4 is 16.7 Å². The molecule has 4 rings (SSSR count). The first kappa shape index (κ1) is 16.7. The third-order valence-corrected chi connectivity index (χ3v) is 4.82. The standard InChI is InChI=1S/C21H22N2O3/c1-14-13-23(10-9-22-14)16-5-8-20-18(11-16)19(24)12-21(26-20)15-3-6-17(25-2)7-4-15/h3-8,11-12,14,22H,9-10,13H2,1-2H3/t14-/m0/s1. The maximum atomic E-state index is 12.7. The molecule has 0 saturated carbocycles. The summed E-state index contributed by atoms with van der Waals surface area (Å²) in [5.74, 6) is 1.33. The van der Waals surface area contributed by atoms with Crippen LogP contribution in [0.5, 0.6) is 5.75 Å². The number of anilines is 1. The zero-order valence-electron chi connectivity index (χ0n) is 15.0. The van der Waals surface area contributed by atoms with Crippen LogP contribution in [0.25, 0.3) is 22.3 Å². The highest BCUT2D eigenvalue weighted by Gasteiger charge is 2.17. The van der Waals surface area contributed by atoms with Crippen LogP contribution in [0.3, 0.4) is 0 Å². The van der Waals surface area contributed by atoms with E-state index in [1.807, 2.05) is 42.5 Å². The Hall–Kier alpha value is -2.79. The van der Waals surface area contributed by atoms with Crippen molar-refractivity contribution in [1.29, 1.82) is 0 Å². The number of nitrogens with one attached hydrogen (secondary N) is 1. The molecule has 1 aromatic heterocycles. The van der Waals surface area contributed by atoms with Crippen LogP contribution in [0.4, 0.5) is 5.69 Å². The Morgan fingerprint density at radius 3 is 2.69 bits per heavy atom. The van der Waals surface area contributed by atoms with Crippen molar-refractivity contribution in [2.45, 2.75) is 13.0 Å². The molecule has 26 heavy (non-hydrogen) atoms. The lowest BCUT2D eigenvalue weighted by Gasteiger charge is -2.33. The molecule has 1 saturated heterocycles. The smallest absolute Gasteiger partial charge is 0.193 e. The maximum absolute atomic E-state index is 12.7. The molecule has 0 radical (unpaired) electrons. The average molecular weight is 350 g/mol. The summed E-state index contributed by atoms with van der Waals surface area (Å²) in [6.45, 7) is 4.98. The Morgan fingerprint density at radius 2 is 1.96 bits per heavy atom. The van der Waals surface area contributed by atoms with Gasteiger partial charge in [-0.1, -0.05) is 0 Å². The van der Waals surface area contributed by atoms with Crippen molar-refractivity contribution in [3.63, 3.8) is 0 Å². The molecule has 2 aromatic carbocycles. The number of benzene rings is 2. The lowest BCUT2D eigenvalue weighted by molar-refractivity contribution is 0.415. The van der Waals surface area contributed by atoms with Gasteiger partial charge >= 0.3 is 0 Å². The first-order valence-corrected chi connectivity index (χ1v) is 8.85. The van der Waals surface area contributed by atoms with Crippen molar-refractivity contribution in [3.8, 4) is 17.1 Å². The van der Waals surface area contributed by atoms with E-state index in [1.165, 1.54) is 0 Å². The van der Waals surface area contributed by atoms with Gasteiger partial charge < -0.3 is 19.4 Å². The summed E-state index contributed by atoms with van der Waals surface area (Å²) >= 11 is 0. The summed E-state index contributed by atoms with van der Waals surface area (Å²) in [7, 11) is 1.63. The normalized spacial score (nSPS) is 17.5. The van der Waals surface area contributed by atoms with Gasteiger partial charge in [0.2, 0.25) is 0 Å². The van der Waals surface area contributed by atoms with E-state index in [-0.39, 0.29) is 5.43 Å². The van der Waals surface area contributed by atoms with E-state index in [4.69, 9.17) is 9.15 Å². The van der Waals surface area contributed by atoms with Crippen LogP contribution in [0.1, 0.15) is 6.92 Å². The van der Waals surface area contributed by atoms with Crippen molar-refractivity contribution < 1.29 is 9.15 Å². The summed E-state index contributed by atoms with van der Waals surface area (Å²) < 4.78 is 11.2. The van der Waals surface area contributed by atoms with E-state index < -0.39 is 0 Å². The highest BCUT2D eigenvalue weighted by molar-refractivity contribution is 5.82. The van der Waals surface area contributed by atoms with Gasteiger partial charge in [0, 0.05) is 43.0 Å². The van der Waals surface area contributed by atoms with E-state index >= 15 is 0 Å². The second kappa shape index (κ2) is 6.84. The molecule has 134 valence electrons. The maximum Gasteiger partial charge on any atom is 0.193 e. The van der Waals surface area contributed by atoms with Crippen molar-refractivity contribution in [2.75, 3.05) is 31.6 Å². The van der Waals surface area contributed by atoms with Crippen molar-refractivity contribution in [2.24, 2.45) is 0 Å². The molecule has 1 atom stereocenters. The highest BCUT2D eigenvalue weighted by atomic mass is 16.5. The molecule has 1 aliphatic heterocycles. The van der Waals surface area contributed by atoms with Gasteiger partial charge in [0.05, 0.1) is 12.5 Å². The number of hydrogen-bond acceptors (Lipinski definition) is 5. The fourth-order valence-electron chi connectivity index (χ4n) is 3.41. The van der Waals surface area contributed by atoms with Crippen LogP contribution in [-0.4, -0.2) is 32.8 Å². The molecule has 5 nitrogen and oxygen atoms in total. The number of hydrogen-bond donors (Lipinski definition) is 1. The van der Waals surface area contributed by atoms with Crippen LogP contribution in [0.2, 0.25) is 0 Å². The number of fused-ring (bicyclic) bond motifs is 1. The molecule has 0 amide bonds. The topological polar surface area (TPSA) is 54.7 Å². The fraction of sp³-hybridized carbons (Fsp3) is 0.286. The van der Waals surface area contributed by atoms with Gasteiger partial charge in [-0.3, -0.25) is 4.79 Å². The Kier molecular flexibility index (Phi) is 4.39. The Labute approximate surface area is 152 Å². The van der Waals surface area contributed by atoms with Crippen LogP contribution in [0, 0.1) is 0 Å². The van der Waals surface area contributed by atoms with Crippen LogP contribution >= 0.6 is 0 Å². The Balaban J connectivity index is 1.71. The monoisotopic (exact) mass is 350 g/mol. The number of ether oxygens (including phenoxy) is 1. The molecular weight excluding hydrogens is 328 g/mol. The second-order valence-electron chi connectivity index (χ2n) is 6.69. The number of piperazine rings is 1. The first-order chi connectivity index (χ1) is 12.6. The van der Waals surface area contributed by atoms with E-state index in [0.29, 0.717) is 22.8 Å². The molecule has 0 aliphatic carbocycles. The van der Waals surface area contributed by atoms with Gasteiger partial charge in [-0.2, -0.15) is 0 Å². The lowest BCUT2D eigenvalue weighted by atomic mass is 10.1. The zero-order chi connectivity index (χ0) is 18.1. The van der Waals surface area contributed by atoms with Crippen LogP contribution < -0.4 is 20.4 Å². The van der Waals surface area contributed by atoms with Gasteiger partial charge in [-0.15, -0.1) is 0 Å². The summed E-state index contributed by atoms with van der Waals surface area (Å²) in [6, 6.07) is 15.4. The van der Waals surface area contributed by atoms with Crippen molar-refractivity contribution in [1.82, 2.24) is 5.32 Å². The van der Waals surface area contributed by atoms with Gasteiger partial charge in [0.1, 0.15) is 17.1 Å². The zero-order valence-corrected chi connectivity index (χ0v) is 15.0. The minimum Gasteiger partial charge on any atom is -0.497 e. The molecule has 1 N–H and O–H groups in total. The van der Waals surface area contributed by atoms with E-state index in [1.54, 1.807) is 13.2 Å². The van der Waals surface area contributed by atoms with E-state index in [9.17, 15) is 4.79 Å². The van der Waals surface area contributed by atoms with Gasteiger partial charge in [-0.25, -0.2) is 0 Å². The predicted octanol–water partition coefficient (Wildman–Crippen LogP) is 3.27. The molecule has 3 aromatic rings. The molecule has 1 fully saturated rings. The first-order valence-electron chi connectivity index (χ1n) is 8.85. The molecule has 1 aliphatic rings.